The summed E-state index contributed by atoms with van der Waals surface area (Å²) >= 11 is 6.50. The maximum Gasteiger partial charge on any atom is 0.269 e. The van der Waals surface area contributed by atoms with Gasteiger partial charge in [0.05, 0.1) is 12.0 Å². The van der Waals surface area contributed by atoms with Crippen LogP contribution >= 0.6 is 24.0 Å². The predicted molar refractivity (Wildman–Crippen MR) is 125 cm³/mol. The first-order chi connectivity index (χ1) is 15.0. The van der Waals surface area contributed by atoms with Crippen LogP contribution in [0.1, 0.15) is 18.9 Å². The monoisotopic (exact) mass is 453 g/mol. The van der Waals surface area contributed by atoms with E-state index in [4.69, 9.17) is 21.7 Å². The molecule has 0 N–H and O–H groups in total. The fourth-order valence-corrected chi connectivity index (χ4v) is 4.38. The lowest BCUT2D eigenvalue weighted by atomic mass is 10.2. The molecule has 9 heteroatoms. The lowest BCUT2D eigenvalue weighted by Gasteiger charge is -2.12. The molecule has 158 valence electrons. The molecule has 1 fully saturated rings. The van der Waals surface area contributed by atoms with Crippen LogP contribution in [-0.2, 0) is 4.79 Å². The van der Waals surface area contributed by atoms with E-state index < -0.39 is 0 Å². The maximum atomic E-state index is 13.2. The number of hydrogen-bond acceptors (Lipinski definition) is 7. The standard InChI is InChI=1S/C22H19N3O4S2/c1-3-11-25-21(27)17(31-22(25)30)13-16-19(29-15-9-7-14(28-2)8-10-15)23-18-6-4-5-12-24(18)20(16)26/h4-10,12-13H,3,11H2,1-2H3/b17-13-. The topological polar surface area (TPSA) is 73.1 Å². The molecule has 0 saturated carbocycles. The number of methoxy groups -OCH3 is 1. The molecule has 4 rings (SSSR count). The summed E-state index contributed by atoms with van der Waals surface area (Å²) in [5, 5.41) is 0. The molecule has 31 heavy (non-hydrogen) atoms. The van der Waals surface area contributed by atoms with Crippen molar-refractivity contribution in [3.63, 3.8) is 0 Å². The van der Waals surface area contributed by atoms with Gasteiger partial charge in [-0.05, 0) is 48.9 Å². The summed E-state index contributed by atoms with van der Waals surface area (Å²) in [5.74, 6) is 1.06. The second kappa shape index (κ2) is 8.91. The molecule has 1 saturated heterocycles. The molecule has 1 aromatic carbocycles. The molecule has 0 radical (unpaired) electrons. The van der Waals surface area contributed by atoms with E-state index in [1.54, 1.807) is 60.7 Å². The van der Waals surface area contributed by atoms with Gasteiger partial charge in [-0.2, -0.15) is 4.98 Å². The van der Waals surface area contributed by atoms with Gasteiger partial charge in [-0.25, -0.2) is 0 Å². The molecule has 1 amide bonds. The largest absolute Gasteiger partial charge is 0.497 e. The van der Waals surface area contributed by atoms with Gasteiger partial charge in [0.1, 0.15) is 27.0 Å². The number of rotatable bonds is 6. The second-order valence-corrected chi connectivity index (χ2v) is 8.35. The maximum absolute atomic E-state index is 13.2. The molecular formula is C22H19N3O4S2. The molecule has 3 heterocycles. The van der Waals surface area contributed by atoms with Gasteiger partial charge in [-0.1, -0.05) is 37.0 Å². The number of hydrogen-bond donors (Lipinski definition) is 0. The van der Waals surface area contributed by atoms with Crippen molar-refractivity contribution in [1.82, 2.24) is 14.3 Å². The van der Waals surface area contributed by atoms with Crippen LogP contribution in [0.3, 0.4) is 0 Å². The normalized spacial score (nSPS) is 15.2. The zero-order valence-electron chi connectivity index (χ0n) is 16.9. The highest BCUT2D eigenvalue weighted by molar-refractivity contribution is 8.26. The minimum Gasteiger partial charge on any atom is -0.497 e. The molecule has 2 aromatic heterocycles. The van der Waals surface area contributed by atoms with Crippen molar-refractivity contribution >= 4 is 45.9 Å². The Bertz CT molecular complexity index is 1250. The number of carbonyl (C=O) groups is 1. The second-order valence-electron chi connectivity index (χ2n) is 6.68. The van der Waals surface area contributed by atoms with Crippen molar-refractivity contribution in [2.24, 2.45) is 0 Å². The number of fused-ring (bicyclic) bond motifs is 1. The molecule has 0 aliphatic carbocycles. The fourth-order valence-electron chi connectivity index (χ4n) is 3.09. The lowest BCUT2D eigenvalue weighted by molar-refractivity contribution is -0.122. The first-order valence-electron chi connectivity index (χ1n) is 9.60. The molecule has 0 bridgehead atoms. The van der Waals surface area contributed by atoms with E-state index in [1.165, 1.54) is 22.2 Å². The highest BCUT2D eigenvalue weighted by Crippen LogP contribution is 2.34. The van der Waals surface area contributed by atoms with Gasteiger partial charge >= 0.3 is 0 Å². The lowest BCUT2D eigenvalue weighted by Crippen LogP contribution is -2.28. The quantitative estimate of drug-likeness (QED) is 0.411. The number of thioether (sulfide) groups is 1. The van der Waals surface area contributed by atoms with Crippen molar-refractivity contribution < 1.29 is 14.3 Å². The smallest absolute Gasteiger partial charge is 0.269 e. The number of nitrogens with zero attached hydrogens (tertiary/aromatic N) is 3. The summed E-state index contributed by atoms with van der Waals surface area (Å²) in [6, 6.07) is 12.2. The molecule has 1 aliphatic heterocycles. The van der Waals surface area contributed by atoms with E-state index in [0.717, 1.165) is 6.42 Å². The minimum absolute atomic E-state index is 0.113. The van der Waals surface area contributed by atoms with Gasteiger partial charge in [-0.15, -0.1) is 0 Å². The van der Waals surface area contributed by atoms with Crippen molar-refractivity contribution in [2.45, 2.75) is 13.3 Å². The van der Waals surface area contributed by atoms with E-state index in [9.17, 15) is 9.59 Å². The number of thiocarbonyl (C=S) groups is 1. The summed E-state index contributed by atoms with van der Waals surface area (Å²) in [6.45, 7) is 2.51. The third kappa shape index (κ3) is 4.19. The van der Waals surface area contributed by atoms with Crippen molar-refractivity contribution in [3.8, 4) is 17.4 Å². The van der Waals surface area contributed by atoms with E-state index in [0.29, 0.717) is 32.9 Å². The molecule has 0 unspecified atom stereocenters. The number of ether oxygens (including phenoxy) is 2. The molecule has 7 nitrogen and oxygen atoms in total. The predicted octanol–water partition coefficient (Wildman–Crippen LogP) is 4.11. The highest BCUT2D eigenvalue weighted by atomic mass is 32.2. The van der Waals surface area contributed by atoms with Crippen molar-refractivity contribution in [1.29, 1.82) is 0 Å². The highest BCUT2D eigenvalue weighted by Gasteiger charge is 2.32. The summed E-state index contributed by atoms with van der Waals surface area (Å²) in [5.41, 5.74) is 0.276. The molecule has 3 aromatic rings. The Balaban J connectivity index is 1.82. The third-order valence-electron chi connectivity index (χ3n) is 4.60. The van der Waals surface area contributed by atoms with E-state index in [2.05, 4.69) is 4.98 Å². The van der Waals surface area contributed by atoms with Crippen LogP contribution < -0.4 is 15.0 Å². The number of carbonyl (C=O) groups excluding carboxylic acids is 1. The van der Waals surface area contributed by atoms with Crippen molar-refractivity contribution in [2.75, 3.05) is 13.7 Å². The zero-order chi connectivity index (χ0) is 22.0. The van der Waals surface area contributed by atoms with Crippen LogP contribution in [-0.4, -0.2) is 38.2 Å². The Morgan fingerprint density at radius 2 is 1.87 bits per heavy atom. The number of aromatic nitrogens is 2. The van der Waals surface area contributed by atoms with Crippen molar-refractivity contribution in [3.05, 3.63) is 69.5 Å². The summed E-state index contributed by atoms with van der Waals surface area (Å²) in [4.78, 5) is 32.5. The fraction of sp³-hybridized carbons (Fsp3) is 0.182. The molecule has 1 aliphatic rings. The van der Waals surface area contributed by atoms with Gasteiger partial charge < -0.3 is 9.47 Å². The number of benzene rings is 1. The number of amides is 1. The Morgan fingerprint density at radius 3 is 2.58 bits per heavy atom. The third-order valence-corrected chi connectivity index (χ3v) is 5.98. The van der Waals surface area contributed by atoms with E-state index in [1.807, 2.05) is 6.92 Å². The van der Waals surface area contributed by atoms with Crippen LogP contribution in [0.15, 0.2) is 58.4 Å². The molecular weight excluding hydrogens is 434 g/mol. The minimum atomic E-state index is -0.338. The average Bonchev–Trinajstić information content (AvgIpc) is 3.04. The van der Waals surface area contributed by atoms with Gasteiger partial charge in [-0.3, -0.25) is 18.9 Å². The SMILES string of the molecule is CCCN1C(=O)/C(=C/c2c(Oc3ccc(OC)cc3)nc3ccccn3c2=O)SC1=S. The molecule has 0 spiro atoms. The summed E-state index contributed by atoms with van der Waals surface area (Å²) < 4.78 is 13.0. The average molecular weight is 454 g/mol. The summed E-state index contributed by atoms with van der Waals surface area (Å²) in [7, 11) is 1.58. The van der Waals surface area contributed by atoms with Gasteiger partial charge in [0.15, 0.2) is 0 Å². The zero-order valence-corrected chi connectivity index (χ0v) is 18.5. The Labute approximate surface area is 188 Å². The Morgan fingerprint density at radius 1 is 1.13 bits per heavy atom. The van der Waals surface area contributed by atoms with Crippen LogP contribution in [0.5, 0.6) is 17.4 Å². The van der Waals surface area contributed by atoms with Crippen LogP contribution in [0, 0.1) is 0 Å². The number of pyridine rings is 1. The van der Waals surface area contributed by atoms with Crippen LogP contribution in [0.2, 0.25) is 0 Å². The van der Waals surface area contributed by atoms with E-state index >= 15 is 0 Å². The van der Waals surface area contributed by atoms with Crippen LogP contribution in [0.25, 0.3) is 11.7 Å². The van der Waals surface area contributed by atoms with Gasteiger partial charge in [0, 0.05) is 12.7 Å². The summed E-state index contributed by atoms with van der Waals surface area (Å²) in [6.07, 6.45) is 3.93. The van der Waals surface area contributed by atoms with Gasteiger partial charge in [0.2, 0.25) is 5.88 Å². The first-order valence-corrected chi connectivity index (χ1v) is 10.8. The molecule has 0 atom stereocenters. The van der Waals surface area contributed by atoms with Crippen LogP contribution in [0.4, 0.5) is 0 Å². The van der Waals surface area contributed by atoms with E-state index in [-0.39, 0.29) is 22.9 Å². The van der Waals surface area contributed by atoms with Gasteiger partial charge in [0.25, 0.3) is 11.5 Å². The first kappa shape index (κ1) is 21.1. The Hall–Kier alpha value is -3.17. The Kier molecular flexibility index (Phi) is 6.06.